The van der Waals surface area contributed by atoms with Gasteiger partial charge in [0.1, 0.15) is 0 Å². The predicted molar refractivity (Wildman–Crippen MR) is 99.2 cm³/mol. The summed E-state index contributed by atoms with van der Waals surface area (Å²) >= 11 is 7.71. The molecule has 0 saturated heterocycles. The maximum atomic E-state index is 12.1. The maximum absolute atomic E-state index is 12.1. The monoisotopic (exact) mass is 348 g/mol. The van der Waals surface area contributed by atoms with E-state index in [0.29, 0.717) is 12.2 Å². The Hall–Kier alpha value is -1.49. The number of carbonyl (C=O) groups excluding carboxylic acids is 1. The second kappa shape index (κ2) is 9.60. The van der Waals surface area contributed by atoms with Crippen molar-refractivity contribution in [2.24, 2.45) is 0 Å². The van der Waals surface area contributed by atoms with E-state index in [9.17, 15) is 4.79 Å². The highest BCUT2D eigenvalue weighted by Crippen LogP contribution is 2.27. The summed E-state index contributed by atoms with van der Waals surface area (Å²) in [6.45, 7) is 3.71. The Labute approximate surface area is 146 Å². The predicted octanol–water partition coefficient (Wildman–Crippen LogP) is 4.57. The van der Waals surface area contributed by atoms with E-state index in [0.717, 1.165) is 34.3 Å². The van der Waals surface area contributed by atoms with Crippen molar-refractivity contribution < 1.29 is 4.79 Å². The Morgan fingerprint density at radius 2 is 1.87 bits per heavy atom. The number of hydrogen-bond acceptors (Lipinski definition) is 3. The van der Waals surface area contributed by atoms with E-state index >= 15 is 0 Å². The second-order valence-electron chi connectivity index (χ2n) is 5.01. The van der Waals surface area contributed by atoms with Gasteiger partial charge in [0.25, 0.3) is 0 Å². The van der Waals surface area contributed by atoms with Gasteiger partial charge in [0.05, 0.1) is 5.02 Å². The number of benzene rings is 2. The molecular formula is C18H21ClN2OS. The molecule has 2 aromatic rings. The Morgan fingerprint density at radius 3 is 2.65 bits per heavy atom. The minimum atomic E-state index is 0.0218. The van der Waals surface area contributed by atoms with Gasteiger partial charge in [-0.1, -0.05) is 48.9 Å². The molecule has 122 valence electrons. The van der Waals surface area contributed by atoms with E-state index in [-0.39, 0.29) is 5.91 Å². The van der Waals surface area contributed by atoms with Crippen molar-refractivity contribution in [3.8, 4) is 0 Å². The lowest BCUT2D eigenvalue weighted by molar-refractivity contribution is -0.115. The molecule has 0 heterocycles. The van der Waals surface area contributed by atoms with Gasteiger partial charge in [0.2, 0.25) is 5.91 Å². The van der Waals surface area contributed by atoms with E-state index in [1.807, 2.05) is 48.5 Å². The van der Waals surface area contributed by atoms with Gasteiger partial charge < -0.3 is 10.6 Å². The quantitative estimate of drug-likeness (QED) is 0.686. The third kappa shape index (κ3) is 5.90. The van der Waals surface area contributed by atoms with Crippen LogP contribution in [-0.2, 0) is 11.3 Å². The van der Waals surface area contributed by atoms with Crippen LogP contribution in [0.4, 0.5) is 5.69 Å². The lowest BCUT2D eigenvalue weighted by atomic mass is 10.1. The third-order valence-corrected chi connectivity index (χ3v) is 4.80. The first kappa shape index (κ1) is 17.9. The standard InChI is InChI=1S/C18H21ClN2OS/c1-2-20-13-14-7-3-5-9-16(14)21-18(22)11-12-23-17-10-6-4-8-15(17)19/h3-10,20H,2,11-13H2,1H3,(H,21,22). The number of hydrogen-bond donors (Lipinski definition) is 2. The largest absolute Gasteiger partial charge is 0.326 e. The molecule has 0 bridgehead atoms. The molecule has 0 radical (unpaired) electrons. The van der Waals surface area contributed by atoms with Crippen molar-refractivity contribution in [1.29, 1.82) is 0 Å². The Morgan fingerprint density at radius 1 is 1.13 bits per heavy atom. The van der Waals surface area contributed by atoms with E-state index in [2.05, 4.69) is 17.6 Å². The molecule has 0 fully saturated rings. The van der Waals surface area contributed by atoms with Crippen LogP contribution in [0.15, 0.2) is 53.4 Å². The van der Waals surface area contributed by atoms with Crippen molar-refractivity contribution in [3.63, 3.8) is 0 Å². The van der Waals surface area contributed by atoms with Crippen LogP contribution in [0.2, 0.25) is 5.02 Å². The first-order chi connectivity index (χ1) is 11.2. The summed E-state index contributed by atoms with van der Waals surface area (Å²) in [5, 5.41) is 7.00. The first-order valence-electron chi connectivity index (χ1n) is 7.66. The highest BCUT2D eigenvalue weighted by atomic mass is 35.5. The lowest BCUT2D eigenvalue weighted by Crippen LogP contribution is -2.17. The van der Waals surface area contributed by atoms with Gasteiger partial charge in [-0.15, -0.1) is 11.8 Å². The van der Waals surface area contributed by atoms with E-state index in [1.54, 1.807) is 11.8 Å². The minimum absolute atomic E-state index is 0.0218. The highest BCUT2D eigenvalue weighted by Gasteiger charge is 2.07. The van der Waals surface area contributed by atoms with Crippen molar-refractivity contribution >= 4 is 35.0 Å². The fourth-order valence-electron chi connectivity index (χ4n) is 2.08. The van der Waals surface area contributed by atoms with Crippen LogP contribution in [-0.4, -0.2) is 18.2 Å². The van der Waals surface area contributed by atoms with Crippen molar-refractivity contribution in [3.05, 3.63) is 59.1 Å². The molecule has 2 N–H and O–H groups in total. The molecule has 23 heavy (non-hydrogen) atoms. The third-order valence-electron chi connectivity index (χ3n) is 3.28. The summed E-state index contributed by atoms with van der Waals surface area (Å²) in [6, 6.07) is 15.6. The summed E-state index contributed by atoms with van der Waals surface area (Å²) in [5.74, 6) is 0.721. The highest BCUT2D eigenvalue weighted by molar-refractivity contribution is 7.99. The molecule has 0 aliphatic carbocycles. The number of amides is 1. The Bertz CT molecular complexity index is 648. The average Bonchev–Trinajstić information content (AvgIpc) is 2.56. The summed E-state index contributed by atoms with van der Waals surface area (Å²) in [6.07, 6.45) is 0.450. The minimum Gasteiger partial charge on any atom is -0.326 e. The van der Waals surface area contributed by atoms with Gasteiger partial charge in [-0.3, -0.25) is 4.79 Å². The Balaban J connectivity index is 1.84. The van der Waals surface area contributed by atoms with Gasteiger partial charge in [0.15, 0.2) is 0 Å². The van der Waals surface area contributed by atoms with Gasteiger partial charge in [-0.2, -0.15) is 0 Å². The lowest BCUT2D eigenvalue weighted by Gasteiger charge is -2.11. The molecule has 0 unspecified atom stereocenters. The fourth-order valence-corrected chi connectivity index (χ4v) is 3.27. The van der Waals surface area contributed by atoms with Gasteiger partial charge in [-0.05, 0) is 30.3 Å². The maximum Gasteiger partial charge on any atom is 0.225 e. The van der Waals surface area contributed by atoms with Crippen molar-refractivity contribution in [2.45, 2.75) is 24.8 Å². The zero-order valence-corrected chi connectivity index (χ0v) is 14.7. The van der Waals surface area contributed by atoms with Crippen LogP contribution >= 0.6 is 23.4 Å². The molecule has 0 spiro atoms. The topological polar surface area (TPSA) is 41.1 Å². The molecule has 0 aliphatic heterocycles. The SMILES string of the molecule is CCNCc1ccccc1NC(=O)CCSc1ccccc1Cl. The van der Waals surface area contributed by atoms with E-state index in [1.165, 1.54) is 0 Å². The number of rotatable bonds is 8. The number of thioether (sulfide) groups is 1. The van der Waals surface area contributed by atoms with E-state index < -0.39 is 0 Å². The molecule has 1 amide bonds. The zero-order chi connectivity index (χ0) is 16.5. The number of nitrogens with one attached hydrogen (secondary N) is 2. The average molecular weight is 349 g/mol. The van der Waals surface area contributed by atoms with E-state index in [4.69, 9.17) is 11.6 Å². The van der Waals surface area contributed by atoms with Gasteiger partial charge in [0, 0.05) is 29.3 Å². The van der Waals surface area contributed by atoms with Crippen molar-refractivity contribution in [2.75, 3.05) is 17.6 Å². The van der Waals surface area contributed by atoms with Crippen molar-refractivity contribution in [1.82, 2.24) is 5.32 Å². The van der Waals surface area contributed by atoms with Crippen LogP contribution in [0.25, 0.3) is 0 Å². The summed E-state index contributed by atoms with van der Waals surface area (Å²) < 4.78 is 0. The second-order valence-corrected chi connectivity index (χ2v) is 6.56. The summed E-state index contributed by atoms with van der Waals surface area (Å²) in [4.78, 5) is 13.1. The summed E-state index contributed by atoms with van der Waals surface area (Å²) in [7, 11) is 0. The molecule has 2 aromatic carbocycles. The van der Waals surface area contributed by atoms with Crippen LogP contribution in [0, 0.1) is 0 Å². The molecule has 0 aromatic heterocycles. The molecule has 3 nitrogen and oxygen atoms in total. The van der Waals surface area contributed by atoms with Crippen LogP contribution in [0.5, 0.6) is 0 Å². The van der Waals surface area contributed by atoms with Crippen LogP contribution in [0.3, 0.4) is 0 Å². The van der Waals surface area contributed by atoms with Crippen LogP contribution in [0.1, 0.15) is 18.9 Å². The first-order valence-corrected chi connectivity index (χ1v) is 9.03. The molecular weight excluding hydrogens is 328 g/mol. The molecule has 0 aliphatic rings. The molecule has 0 saturated carbocycles. The Kier molecular flexibility index (Phi) is 7.46. The van der Waals surface area contributed by atoms with Crippen LogP contribution < -0.4 is 10.6 Å². The normalized spacial score (nSPS) is 10.5. The molecule has 0 atom stereocenters. The smallest absolute Gasteiger partial charge is 0.225 e. The number of anilines is 1. The molecule has 5 heteroatoms. The van der Waals surface area contributed by atoms with Gasteiger partial charge in [-0.25, -0.2) is 0 Å². The number of carbonyl (C=O) groups is 1. The van der Waals surface area contributed by atoms with Gasteiger partial charge >= 0.3 is 0 Å². The molecule has 2 rings (SSSR count). The zero-order valence-electron chi connectivity index (χ0n) is 13.1. The number of halogens is 1. The fraction of sp³-hybridized carbons (Fsp3) is 0.278. The number of para-hydroxylation sites is 1. The summed E-state index contributed by atoms with van der Waals surface area (Å²) in [5.41, 5.74) is 1.97.